The number of amides is 2. The van der Waals surface area contributed by atoms with Gasteiger partial charge in [-0.1, -0.05) is 13.8 Å². The van der Waals surface area contributed by atoms with Gasteiger partial charge in [0.15, 0.2) is 0 Å². The molecule has 0 spiro atoms. The summed E-state index contributed by atoms with van der Waals surface area (Å²) in [5, 5.41) is 15.8. The second kappa shape index (κ2) is 6.00. The van der Waals surface area contributed by atoms with Gasteiger partial charge in [0.1, 0.15) is 17.9 Å². The lowest BCUT2D eigenvalue weighted by Gasteiger charge is -2.50. The summed E-state index contributed by atoms with van der Waals surface area (Å²) in [7, 11) is 0. The van der Waals surface area contributed by atoms with Crippen LogP contribution in [0.4, 0.5) is 13.6 Å². The zero-order valence-corrected chi connectivity index (χ0v) is 13.7. The number of rotatable bonds is 2. The van der Waals surface area contributed by atoms with Gasteiger partial charge in [0, 0.05) is 19.1 Å². The summed E-state index contributed by atoms with van der Waals surface area (Å²) in [6.07, 6.45) is 0.436. The summed E-state index contributed by atoms with van der Waals surface area (Å²) < 4.78 is 27.3. The molecule has 7 heteroatoms. The van der Waals surface area contributed by atoms with Gasteiger partial charge in [-0.3, -0.25) is 0 Å². The number of carbonyl (C=O) groups excluding carboxylic acids is 1. The van der Waals surface area contributed by atoms with Crippen molar-refractivity contribution in [2.24, 2.45) is 16.9 Å². The first kappa shape index (κ1) is 16.6. The Morgan fingerprint density at radius 3 is 2.43 bits per heavy atom. The zero-order chi connectivity index (χ0) is 16.8. The molecule has 2 fully saturated rings. The summed E-state index contributed by atoms with van der Waals surface area (Å²) >= 11 is 0. The molecule has 5 nitrogen and oxygen atoms in total. The smallest absolute Gasteiger partial charge is 0.340 e. The normalized spacial score (nSPS) is 36.4. The van der Waals surface area contributed by atoms with Crippen molar-refractivity contribution in [3.8, 4) is 0 Å². The third-order valence-corrected chi connectivity index (χ3v) is 5.51. The number of hydrogen-bond donors (Lipinski definition) is 1. The van der Waals surface area contributed by atoms with Crippen LogP contribution in [0.2, 0.25) is 0 Å². The molecule has 2 aliphatic heterocycles. The van der Waals surface area contributed by atoms with Crippen LogP contribution in [0.3, 0.4) is 0 Å². The molecule has 2 amide bonds. The summed E-state index contributed by atoms with van der Waals surface area (Å²) in [6.45, 7) is 4.40. The van der Waals surface area contributed by atoms with Crippen LogP contribution >= 0.6 is 0 Å². The first-order valence-electron chi connectivity index (χ1n) is 8.41. The molecule has 1 saturated carbocycles. The van der Waals surface area contributed by atoms with E-state index in [1.54, 1.807) is 11.1 Å². The van der Waals surface area contributed by atoms with Gasteiger partial charge in [0.25, 0.3) is 0 Å². The maximum Gasteiger partial charge on any atom is 0.340 e. The van der Waals surface area contributed by atoms with Gasteiger partial charge in [-0.15, -0.1) is 0 Å². The molecule has 1 saturated heterocycles. The summed E-state index contributed by atoms with van der Waals surface area (Å²) in [4.78, 5) is 14.1. The summed E-state index contributed by atoms with van der Waals surface area (Å²) in [6, 6.07) is -0.544. The van der Waals surface area contributed by atoms with E-state index >= 15 is 0 Å². The van der Waals surface area contributed by atoms with Crippen molar-refractivity contribution in [1.82, 2.24) is 9.91 Å². The van der Waals surface area contributed by atoms with Crippen molar-refractivity contribution in [2.45, 2.75) is 63.5 Å². The van der Waals surface area contributed by atoms with Crippen LogP contribution in [-0.4, -0.2) is 64.3 Å². The highest BCUT2D eigenvalue weighted by Gasteiger charge is 2.49. The average Bonchev–Trinajstić information content (AvgIpc) is 2.91. The predicted molar refractivity (Wildman–Crippen MR) is 82.6 cm³/mol. The SMILES string of the molecule is CC(C)C1(O)CN(C(=O)N2N=CC[C@H]2C2CC(F)CC(F)C2)C1. The molecule has 0 aromatic heterocycles. The minimum absolute atomic E-state index is 0.0361. The minimum atomic E-state index is -1.14. The van der Waals surface area contributed by atoms with Crippen LogP contribution in [0.1, 0.15) is 39.5 Å². The number of aliphatic hydroxyl groups is 1. The Balaban J connectivity index is 1.63. The van der Waals surface area contributed by atoms with E-state index in [0.29, 0.717) is 6.42 Å². The van der Waals surface area contributed by atoms with E-state index in [0.717, 1.165) is 0 Å². The molecule has 0 aromatic rings. The molecule has 130 valence electrons. The van der Waals surface area contributed by atoms with Crippen molar-refractivity contribution in [2.75, 3.05) is 13.1 Å². The highest BCUT2D eigenvalue weighted by atomic mass is 19.1. The number of nitrogens with zero attached hydrogens (tertiary/aromatic N) is 3. The molecule has 3 aliphatic rings. The molecular weight excluding hydrogens is 304 g/mol. The molecule has 3 rings (SSSR count). The van der Waals surface area contributed by atoms with E-state index in [4.69, 9.17) is 0 Å². The van der Waals surface area contributed by atoms with E-state index in [9.17, 15) is 18.7 Å². The Labute approximate surface area is 135 Å². The lowest BCUT2D eigenvalue weighted by Crippen LogP contribution is -2.68. The van der Waals surface area contributed by atoms with Crippen LogP contribution in [-0.2, 0) is 0 Å². The maximum atomic E-state index is 13.7. The second-order valence-electron chi connectivity index (χ2n) is 7.50. The molecule has 1 aliphatic carbocycles. The molecule has 1 N–H and O–H groups in total. The second-order valence-corrected chi connectivity index (χ2v) is 7.50. The van der Waals surface area contributed by atoms with E-state index in [2.05, 4.69) is 5.10 Å². The quantitative estimate of drug-likeness (QED) is 0.845. The van der Waals surface area contributed by atoms with Crippen LogP contribution in [0.5, 0.6) is 0 Å². The maximum absolute atomic E-state index is 13.7. The average molecular weight is 329 g/mol. The Bertz CT molecular complexity index is 484. The third kappa shape index (κ3) is 3.07. The number of hydrogen-bond acceptors (Lipinski definition) is 3. The van der Waals surface area contributed by atoms with E-state index in [-0.39, 0.29) is 56.3 Å². The Morgan fingerprint density at radius 1 is 1.26 bits per heavy atom. The highest BCUT2D eigenvalue weighted by molar-refractivity contribution is 5.79. The zero-order valence-electron chi connectivity index (χ0n) is 13.7. The number of alkyl halides is 2. The van der Waals surface area contributed by atoms with E-state index < -0.39 is 17.9 Å². The van der Waals surface area contributed by atoms with Gasteiger partial charge < -0.3 is 10.0 Å². The van der Waals surface area contributed by atoms with Gasteiger partial charge >= 0.3 is 6.03 Å². The number of urea groups is 1. The standard InChI is InChI=1S/C16H25F2N3O2/c1-10(2)16(23)8-20(9-16)15(22)21-14(3-4-19-21)11-5-12(17)7-13(18)6-11/h4,10-14,23H,3,5-9H2,1-2H3/t11?,12?,13?,14-/m0/s1. The lowest BCUT2D eigenvalue weighted by atomic mass is 9.80. The van der Waals surface area contributed by atoms with Crippen LogP contribution in [0.25, 0.3) is 0 Å². The Hall–Kier alpha value is -1.24. The molecule has 0 bridgehead atoms. The topological polar surface area (TPSA) is 56.1 Å². The Morgan fingerprint density at radius 2 is 1.87 bits per heavy atom. The predicted octanol–water partition coefficient (Wildman–Crippen LogP) is 2.35. The largest absolute Gasteiger partial charge is 0.386 e. The van der Waals surface area contributed by atoms with Crippen molar-refractivity contribution in [1.29, 1.82) is 0 Å². The van der Waals surface area contributed by atoms with E-state index in [1.165, 1.54) is 5.01 Å². The van der Waals surface area contributed by atoms with Crippen LogP contribution in [0.15, 0.2) is 5.10 Å². The van der Waals surface area contributed by atoms with Crippen LogP contribution in [0, 0.1) is 11.8 Å². The Kier molecular flexibility index (Phi) is 4.33. The van der Waals surface area contributed by atoms with Gasteiger partial charge in [-0.05, 0) is 24.7 Å². The number of hydrazone groups is 1. The first-order chi connectivity index (χ1) is 10.8. The monoisotopic (exact) mass is 329 g/mol. The summed E-state index contributed by atoms with van der Waals surface area (Å²) in [5.41, 5.74) is -0.840. The molecule has 3 atom stereocenters. The fourth-order valence-corrected chi connectivity index (χ4v) is 3.81. The molecule has 2 heterocycles. The van der Waals surface area contributed by atoms with Crippen molar-refractivity contribution in [3.63, 3.8) is 0 Å². The molecule has 2 unspecified atom stereocenters. The number of likely N-dealkylation sites (tertiary alicyclic amines) is 1. The van der Waals surface area contributed by atoms with Gasteiger partial charge in [0.05, 0.1) is 19.1 Å². The fourth-order valence-electron chi connectivity index (χ4n) is 3.81. The third-order valence-electron chi connectivity index (χ3n) is 5.51. The molecular formula is C16H25F2N3O2. The number of halogens is 2. The lowest BCUT2D eigenvalue weighted by molar-refractivity contribution is -0.113. The van der Waals surface area contributed by atoms with Crippen molar-refractivity contribution >= 4 is 12.2 Å². The van der Waals surface area contributed by atoms with Gasteiger partial charge in [0.2, 0.25) is 0 Å². The molecule has 23 heavy (non-hydrogen) atoms. The van der Waals surface area contributed by atoms with Gasteiger partial charge in [-0.25, -0.2) is 18.6 Å². The first-order valence-corrected chi connectivity index (χ1v) is 8.41. The number of carbonyl (C=O) groups is 1. The van der Waals surface area contributed by atoms with E-state index in [1.807, 2.05) is 13.8 Å². The van der Waals surface area contributed by atoms with Gasteiger partial charge in [-0.2, -0.15) is 5.10 Å². The molecule has 0 aromatic carbocycles. The van der Waals surface area contributed by atoms with Crippen molar-refractivity contribution in [3.05, 3.63) is 0 Å². The summed E-state index contributed by atoms with van der Waals surface area (Å²) in [5.74, 6) is -0.132. The fraction of sp³-hybridized carbons (Fsp3) is 0.875. The minimum Gasteiger partial charge on any atom is -0.386 e. The van der Waals surface area contributed by atoms with Crippen molar-refractivity contribution < 1.29 is 18.7 Å². The van der Waals surface area contributed by atoms with Crippen LogP contribution < -0.4 is 0 Å². The molecule has 0 radical (unpaired) electrons. The highest BCUT2D eigenvalue weighted by Crippen LogP contribution is 2.37. The number of β-amino-alcohol motifs (C(OH)–C–C–N with tert-alkyl or cyclic N) is 1.